The molecule has 2 fully saturated rings. The van der Waals surface area contributed by atoms with Crippen molar-refractivity contribution in [2.75, 3.05) is 17.4 Å². The first-order valence-electron chi connectivity index (χ1n) is 11.4. The van der Waals surface area contributed by atoms with Crippen LogP contribution < -0.4 is 4.31 Å². The van der Waals surface area contributed by atoms with E-state index in [2.05, 4.69) is 0 Å². The van der Waals surface area contributed by atoms with Gasteiger partial charge in [-0.05, 0) is 61.2 Å². The van der Waals surface area contributed by atoms with Gasteiger partial charge in [-0.15, -0.1) is 0 Å². The highest BCUT2D eigenvalue weighted by Crippen LogP contribution is 2.43. The fourth-order valence-electron chi connectivity index (χ4n) is 4.88. The summed E-state index contributed by atoms with van der Waals surface area (Å²) in [6.07, 6.45) is -4.65. The lowest BCUT2D eigenvalue weighted by Gasteiger charge is -2.39. The predicted molar refractivity (Wildman–Crippen MR) is 120 cm³/mol. The van der Waals surface area contributed by atoms with E-state index in [-0.39, 0.29) is 48.0 Å². The minimum Gasteiger partial charge on any atom is -0.376 e. The second-order valence-corrected chi connectivity index (χ2v) is 11.4. The first-order valence-corrected chi connectivity index (χ1v) is 12.9. The number of amides is 1. The van der Waals surface area contributed by atoms with Crippen molar-refractivity contribution in [2.45, 2.75) is 61.1 Å². The van der Waals surface area contributed by atoms with Crippen molar-refractivity contribution < 1.29 is 40.6 Å². The first kappa shape index (κ1) is 25.0. The number of ether oxygens (including phenoxy) is 1. The Balaban J connectivity index is 1.53. The number of hydrogen-bond acceptors (Lipinski definition) is 5. The number of sulfonamides is 1. The number of carbonyl (C=O) groups is 1. The Morgan fingerprint density at radius 1 is 1.11 bits per heavy atom. The van der Waals surface area contributed by atoms with Gasteiger partial charge < -0.3 is 14.7 Å². The smallest absolute Gasteiger partial charge is 0.376 e. The lowest BCUT2D eigenvalue weighted by atomic mass is 9.89. The molecule has 36 heavy (non-hydrogen) atoms. The number of anilines is 1. The molecule has 1 amide bonds. The van der Waals surface area contributed by atoms with E-state index in [0.29, 0.717) is 25.6 Å². The van der Waals surface area contributed by atoms with E-state index < -0.39 is 39.2 Å². The molecule has 7 nitrogen and oxygen atoms in total. The van der Waals surface area contributed by atoms with Crippen LogP contribution in [0.1, 0.15) is 30.9 Å². The van der Waals surface area contributed by atoms with Gasteiger partial charge in [-0.2, -0.15) is 13.2 Å². The van der Waals surface area contributed by atoms with Crippen LogP contribution in [0, 0.1) is 5.82 Å². The quantitative estimate of drug-likeness (QED) is 0.476. The monoisotopic (exact) mass is 528 g/mol. The SMILES string of the molecule is CC(O)(c1ccc2c(c1)CC[C@@H](CC(=O)N1CC3OC3C1)N2S(=O)(=O)c1ccc(F)cc1)C(F)(F)F. The molecule has 4 atom stereocenters. The Labute approximate surface area is 205 Å². The normalized spacial score (nSPS) is 25.2. The van der Waals surface area contributed by atoms with Gasteiger partial charge in [0.05, 0.1) is 16.6 Å². The Bertz CT molecular complexity index is 1290. The summed E-state index contributed by atoms with van der Waals surface area (Å²) in [5, 5.41) is 10.1. The Hall–Kier alpha value is -2.70. The number of rotatable bonds is 5. The van der Waals surface area contributed by atoms with Gasteiger partial charge in [0, 0.05) is 19.5 Å². The van der Waals surface area contributed by atoms with Gasteiger partial charge in [-0.1, -0.05) is 12.1 Å². The number of nitrogens with zero attached hydrogens (tertiary/aromatic N) is 2. The number of aliphatic hydroxyl groups is 1. The Morgan fingerprint density at radius 2 is 1.75 bits per heavy atom. The second-order valence-electron chi connectivity index (χ2n) is 9.58. The second kappa shape index (κ2) is 8.42. The third-order valence-corrected chi connectivity index (χ3v) is 9.01. The number of epoxide rings is 1. The van der Waals surface area contributed by atoms with Crippen molar-refractivity contribution in [1.82, 2.24) is 4.90 Å². The van der Waals surface area contributed by atoms with Crippen molar-refractivity contribution in [2.24, 2.45) is 0 Å². The maximum absolute atomic E-state index is 13.7. The zero-order chi connectivity index (χ0) is 26.0. The van der Waals surface area contributed by atoms with Gasteiger partial charge in [0.2, 0.25) is 5.91 Å². The Morgan fingerprint density at radius 3 is 2.36 bits per heavy atom. The number of benzene rings is 2. The van der Waals surface area contributed by atoms with Gasteiger partial charge >= 0.3 is 6.18 Å². The molecule has 3 aliphatic rings. The average Bonchev–Trinajstić information content (AvgIpc) is 3.42. The van der Waals surface area contributed by atoms with Gasteiger partial charge in [-0.25, -0.2) is 12.8 Å². The molecule has 0 aromatic heterocycles. The standard InChI is InChI=1S/C24H24F4N2O5S/c1-23(32,24(26,27)28)15-3-9-19-14(10-15)2-6-17(11-22(31)29-12-20-21(13-29)35-20)30(19)36(33,34)18-7-4-16(25)5-8-18/h3-5,7-10,17,20-21,32H,2,6,11-13H2,1H3/t17-,20?,21?,23?/m0/s1. The summed E-state index contributed by atoms with van der Waals surface area (Å²) in [5.41, 5.74) is -3.13. The Kier molecular flexibility index (Phi) is 5.84. The van der Waals surface area contributed by atoms with E-state index in [1.54, 1.807) is 4.90 Å². The summed E-state index contributed by atoms with van der Waals surface area (Å²) in [6.45, 7) is 1.51. The van der Waals surface area contributed by atoms with Crippen LogP contribution in [0.3, 0.4) is 0 Å². The number of carbonyl (C=O) groups excluding carboxylic acids is 1. The van der Waals surface area contributed by atoms with Crippen LogP contribution >= 0.6 is 0 Å². The van der Waals surface area contributed by atoms with Gasteiger partial charge in [0.25, 0.3) is 10.0 Å². The predicted octanol–water partition coefficient (Wildman–Crippen LogP) is 3.11. The van der Waals surface area contributed by atoms with E-state index in [9.17, 15) is 35.9 Å². The van der Waals surface area contributed by atoms with E-state index in [1.165, 1.54) is 6.07 Å². The molecule has 0 saturated carbocycles. The largest absolute Gasteiger partial charge is 0.421 e. The molecule has 5 rings (SSSR count). The molecule has 194 valence electrons. The number of alkyl halides is 3. The number of morpholine rings is 1. The number of fused-ring (bicyclic) bond motifs is 2. The van der Waals surface area contributed by atoms with E-state index in [4.69, 9.17) is 4.74 Å². The summed E-state index contributed by atoms with van der Waals surface area (Å²) < 4.78 is 87.5. The van der Waals surface area contributed by atoms with Crippen LogP contribution in [-0.4, -0.2) is 61.8 Å². The molecule has 12 heteroatoms. The fourth-order valence-corrected chi connectivity index (χ4v) is 6.59. The molecular formula is C24H24F4N2O5S. The van der Waals surface area contributed by atoms with E-state index in [1.807, 2.05) is 0 Å². The van der Waals surface area contributed by atoms with Gasteiger partial charge in [0.15, 0.2) is 5.60 Å². The summed E-state index contributed by atoms with van der Waals surface area (Å²) >= 11 is 0. The molecule has 0 aliphatic carbocycles. The number of aryl methyl sites for hydroxylation is 1. The molecule has 0 radical (unpaired) electrons. The van der Waals surface area contributed by atoms with Gasteiger partial charge in [0.1, 0.15) is 18.0 Å². The average molecular weight is 529 g/mol. The lowest BCUT2D eigenvalue weighted by Crippen LogP contribution is -2.47. The summed E-state index contributed by atoms with van der Waals surface area (Å²) in [5.74, 6) is -0.872. The zero-order valence-electron chi connectivity index (χ0n) is 19.2. The van der Waals surface area contributed by atoms with Crippen molar-refractivity contribution in [3.8, 4) is 0 Å². The molecule has 3 unspecified atom stereocenters. The summed E-state index contributed by atoms with van der Waals surface area (Å²) in [4.78, 5) is 14.4. The number of halogens is 4. The summed E-state index contributed by atoms with van der Waals surface area (Å²) in [6, 6.07) is 6.82. The molecule has 3 aliphatic heterocycles. The maximum atomic E-state index is 13.7. The number of likely N-dealkylation sites (tertiary alicyclic amines) is 1. The molecule has 2 aromatic rings. The molecule has 1 N–H and O–H groups in total. The fraction of sp³-hybridized carbons (Fsp3) is 0.458. The third kappa shape index (κ3) is 4.24. The van der Waals surface area contributed by atoms with Crippen LogP contribution in [0.25, 0.3) is 0 Å². The highest BCUT2D eigenvalue weighted by molar-refractivity contribution is 7.92. The lowest BCUT2D eigenvalue weighted by molar-refractivity contribution is -0.258. The maximum Gasteiger partial charge on any atom is 0.421 e. The molecule has 0 spiro atoms. The van der Waals surface area contributed by atoms with Crippen molar-refractivity contribution in [3.63, 3.8) is 0 Å². The van der Waals surface area contributed by atoms with Gasteiger partial charge in [-0.3, -0.25) is 9.10 Å². The first-order chi connectivity index (χ1) is 16.8. The van der Waals surface area contributed by atoms with E-state index >= 15 is 0 Å². The highest BCUT2D eigenvalue weighted by Gasteiger charge is 2.52. The van der Waals surface area contributed by atoms with Crippen molar-refractivity contribution in [3.05, 3.63) is 59.4 Å². The molecule has 2 saturated heterocycles. The van der Waals surface area contributed by atoms with Crippen molar-refractivity contribution in [1.29, 1.82) is 0 Å². The third-order valence-electron chi connectivity index (χ3n) is 7.13. The minimum absolute atomic E-state index is 0.0138. The molecule has 2 aromatic carbocycles. The molecule has 3 heterocycles. The molecule has 0 bridgehead atoms. The van der Waals surface area contributed by atoms with Crippen LogP contribution in [0.2, 0.25) is 0 Å². The zero-order valence-corrected chi connectivity index (χ0v) is 20.0. The topological polar surface area (TPSA) is 90.4 Å². The van der Waals surface area contributed by atoms with Crippen LogP contribution in [-0.2, 0) is 31.6 Å². The highest BCUT2D eigenvalue weighted by atomic mass is 32.2. The minimum atomic E-state index is -4.94. The van der Waals surface area contributed by atoms with E-state index in [0.717, 1.165) is 40.7 Å². The molecular weight excluding hydrogens is 504 g/mol. The van der Waals surface area contributed by atoms with Crippen LogP contribution in [0.5, 0.6) is 0 Å². The number of hydrogen-bond donors (Lipinski definition) is 1. The van der Waals surface area contributed by atoms with Crippen LogP contribution in [0.4, 0.5) is 23.2 Å². The van der Waals surface area contributed by atoms with Crippen LogP contribution in [0.15, 0.2) is 47.4 Å². The van der Waals surface area contributed by atoms with Crippen molar-refractivity contribution >= 4 is 21.6 Å². The summed E-state index contributed by atoms with van der Waals surface area (Å²) in [7, 11) is -4.30.